The molecule has 3 aliphatic rings. The summed E-state index contributed by atoms with van der Waals surface area (Å²) >= 11 is 0. The van der Waals surface area contributed by atoms with Gasteiger partial charge in [0.25, 0.3) is 0 Å². The van der Waals surface area contributed by atoms with Crippen LogP contribution in [0.1, 0.15) is 46.1 Å². The Bertz CT molecular complexity index is 1040. The summed E-state index contributed by atoms with van der Waals surface area (Å²) in [4.78, 5) is 42.4. The maximum absolute atomic E-state index is 14.2. The van der Waals surface area contributed by atoms with Crippen molar-refractivity contribution in [2.45, 2.75) is 46.0 Å². The Balaban J connectivity index is 2.06. The van der Waals surface area contributed by atoms with Gasteiger partial charge >= 0.3 is 5.97 Å². The van der Waals surface area contributed by atoms with Gasteiger partial charge in [-0.25, -0.2) is 4.79 Å². The number of ketones is 1. The van der Waals surface area contributed by atoms with Gasteiger partial charge in [0.05, 0.1) is 12.2 Å². The van der Waals surface area contributed by atoms with E-state index in [0.717, 1.165) is 0 Å². The number of Topliss-reactive ketones (excluding diaryl/α,β-unsaturated/α-hetero) is 1. The first-order valence-electron chi connectivity index (χ1n) is 10.8. The predicted octanol–water partition coefficient (Wildman–Crippen LogP) is 2.94. The second-order valence-electron chi connectivity index (χ2n) is 8.87. The van der Waals surface area contributed by atoms with Gasteiger partial charge in [0, 0.05) is 30.6 Å². The maximum atomic E-state index is 14.2. The molecule has 7 nitrogen and oxygen atoms in total. The Hall–Kier alpha value is -3.09. The van der Waals surface area contributed by atoms with E-state index in [1.54, 1.807) is 24.0 Å². The standard InChI is InChI=1S/C24H28N2O5/c1-5-30-22(28)20-21(25)31-18-11-14(4)10-17(27)19(18)24(20)15-8-6-7-9-16(15)26(23(24)29)12-13(2)3/h6-9,13-14H,5,10-12,25H2,1-4H3/t14-,24+/m1/s1. The van der Waals surface area contributed by atoms with Crippen molar-refractivity contribution in [3.8, 4) is 0 Å². The summed E-state index contributed by atoms with van der Waals surface area (Å²) in [5.41, 5.74) is 6.00. The van der Waals surface area contributed by atoms with E-state index in [9.17, 15) is 14.4 Å². The van der Waals surface area contributed by atoms with Crippen LogP contribution < -0.4 is 10.6 Å². The number of benzene rings is 1. The van der Waals surface area contributed by atoms with E-state index in [-0.39, 0.29) is 53.6 Å². The minimum absolute atomic E-state index is 0.0544. The lowest BCUT2D eigenvalue weighted by atomic mass is 9.64. The molecule has 31 heavy (non-hydrogen) atoms. The smallest absolute Gasteiger partial charge is 0.341 e. The van der Waals surface area contributed by atoms with Crippen molar-refractivity contribution in [2.24, 2.45) is 17.6 Å². The summed E-state index contributed by atoms with van der Waals surface area (Å²) in [5, 5.41) is 0. The molecule has 0 aromatic heterocycles. The van der Waals surface area contributed by atoms with Crippen LogP contribution in [0.3, 0.4) is 0 Å². The van der Waals surface area contributed by atoms with Crippen LogP contribution in [0.25, 0.3) is 0 Å². The monoisotopic (exact) mass is 424 g/mol. The Kier molecular flexibility index (Phi) is 5.15. The summed E-state index contributed by atoms with van der Waals surface area (Å²) in [5.74, 6) is -0.858. The maximum Gasteiger partial charge on any atom is 0.341 e. The highest BCUT2D eigenvalue weighted by molar-refractivity contribution is 6.23. The van der Waals surface area contributed by atoms with Crippen molar-refractivity contribution in [1.29, 1.82) is 0 Å². The zero-order valence-electron chi connectivity index (χ0n) is 18.4. The third-order valence-corrected chi connectivity index (χ3v) is 6.05. The molecule has 0 bridgehead atoms. The molecule has 1 aliphatic carbocycles. The quantitative estimate of drug-likeness (QED) is 0.746. The third-order valence-electron chi connectivity index (χ3n) is 6.05. The number of carbonyl (C=O) groups is 3. The van der Waals surface area contributed by atoms with Gasteiger partial charge in [-0.15, -0.1) is 0 Å². The Morgan fingerprint density at radius 2 is 2.00 bits per heavy atom. The summed E-state index contributed by atoms with van der Waals surface area (Å²) < 4.78 is 11.1. The fraction of sp³-hybridized carbons (Fsp3) is 0.458. The lowest BCUT2D eigenvalue weighted by Gasteiger charge is -2.40. The number of hydrogen-bond donors (Lipinski definition) is 1. The Labute approximate surface area is 181 Å². The number of allylic oxidation sites excluding steroid dienone is 1. The fourth-order valence-electron chi connectivity index (χ4n) is 5.01. The van der Waals surface area contributed by atoms with Gasteiger partial charge in [0.2, 0.25) is 11.8 Å². The summed E-state index contributed by atoms with van der Waals surface area (Å²) in [6.45, 7) is 8.21. The van der Waals surface area contributed by atoms with Crippen molar-refractivity contribution >= 4 is 23.3 Å². The molecule has 0 saturated heterocycles. The molecule has 2 N–H and O–H groups in total. The molecule has 4 rings (SSSR count). The molecule has 0 saturated carbocycles. The van der Waals surface area contributed by atoms with E-state index >= 15 is 0 Å². The van der Waals surface area contributed by atoms with E-state index in [1.165, 1.54) is 0 Å². The van der Waals surface area contributed by atoms with E-state index in [0.29, 0.717) is 30.0 Å². The largest absolute Gasteiger partial charge is 0.462 e. The zero-order chi connectivity index (χ0) is 22.5. The van der Waals surface area contributed by atoms with Gasteiger partial charge in [0.1, 0.15) is 16.7 Å². The normalized spacial score (nSPS) is 25.2. The van der Waals surface area contributed by atoms with Gasteiger partial charge < -0.3 is 20.1 Å². The molecule has 2 atom stereocenters. The van der Waals surface area contributed by atoms with Crippen molar-refractivity contribution in [2.75, 3.05) is 18.1 Å². The highest BCUT2D eigenvalue weighted by atomic mass is 16.5. The van der Waals surface area contributed by atoms with Gasteiger partial charge in [-0.2, -0.15) is 0 Å². The van der Waals surface area contributed by atoms with Crippen molar-refractivity contribution in [1.82, 2.24) is 0 Å². The topological polar surface area (TPSA) is 98.9 Å². The lowest BCUT2D eigenvalue weighted by molar-refractivity contribution is -0.141. The number of esters is 1. The second-order valence-corrected chi connectivity index (χ2v) is 8.87. The second kappa shape index (κ2) is 7.55. The van der Waals surface area contributed by atoms with E-state index in [2.05, 4.69) is 0 Å². The molecule has 164 valence electrons. The van der Waals surface area contributed by atoms with Crippen LogP contribution in [0.15, 0.2) is 47.1 Å². The number of para-hydroxylation sites is 1. The molecule has 1 spiro atoms. The van der Waals surface area contributed by atoms with Crippen molar-refractivity contribution in [3.63, 3.8) is 0 Å². The van der Waals surface area contributed by atoms with Crippen LogP contribution in [0.5, 0.6) is 0 Å². The van der Waals surface area contributed by atoms with Crippen LogP contribution in [0.4, 0.5) is 5.69 Å². The summed E-state index contributed by atoms with van der Waals surface area (Å²) in [7, 11) is 0. The highest BCUT2D eigenvalue weighted by Crippen LogP contribution is 2.56. The van der Waals surface area contributed by atoms with Gasteiger partial charge in [-0.1, -0.05) is 39.0 Å². The molecule has 0 radical (unpaired) electrons. The SMILES string of the molecule is CCOC(=O)C1=C(N)OC2=C(C(=O)C[C@@H](C)C2)[C@]12C(=O)N(CC(C)C)c1ccccc12. The summed E-state index contributed by atoms with van der Waals surface area (Å²) in [6.07, 6.45) is 0.749. The fourth-order valence-corrected chi connectivity index (χ4v) is 5.01. The number of nitrogens with zero attached hydrogens (tertiary/aromatic N) is 1. The highest BCUT2D eigenvalue weighted by Gasteiger charge is 2.64. The average molecular weight is 424 g/mol. The van der Waals surface area contributed by atoms with Gasteiger partial charge in [0.15, 0.2) is 5.78 Å². The van der Waals surface area contributed by atoms with Crippen molar-refractivity contribution in [3.05, 3.63) is 52.6 Å². The molecule has 7 heteroatoms. The lowest BCUT2D eigenvalue weighted by Crippen LogP contribution is -2.52. The van der Waals surface area contributed by atoms with Crippen LogP contribution in [-0.4, -0.2) is 30.8 Å². The number of anilines is 1. The molecule has 0 fully saturated rings. The number of nitrogens with two attached hydrogens (primary N) is 1. The minimum Gasteiger partial charge on any atom is -0.462 e. The average Bonchev–Trinajstić information content (AvgIpc) is 2.91. The van der Waals surface area contributed by atoms with Crippen LogP contribution in [0.2, 0.25) is 0 Å². The molecule has 2 heterocycles. The van der Waals surface area contributed by atoms with Crippen LogP contribution in [0, 0.1) is 11.8 Å². The van der Waals surface area contributed by atoms with E-state index in [4.69, 9.17) is 15.2 Å². The number of carbonyl (C=O) groups excluding carboxylic acids is 3. The third kappa shape index (κ3) is 2.98. The first-order chi connectivity index (χ1) is 14.7. The molecular weight excluding hydrogens is 396 g/mol. The zero-order valence-corrected chi connectivity index (χ0v) is 18.4. The molecule has 1 aromatic carbocycles. The summed E-state index contributed by atoms with van der Waals surface area (Å²) in [6, 6.07) is 7.28. The molecule has 0 unspecified atom stereocenters. The minimum atomic E-state index is -1.65. The van der Waals surface area contributed by atoms with Crippen molar-refractivity contribution < 1.29 is 23.9 Å². The predicted molar refractivity (Wildman–Crippen MR) is 115 cm³/mol. The molecular formula is C24H28N2O5. The van der Waals surface area contributed by atoms with Gasteiger partial charge in [-0.05, 0) is 24.8 Å². The van der Waals surface area contributed by atoms with Crippen LogP contribution in [-0.2, 0) is 29.3 Å². The number of hydrogen-bond acceptors (Lipinski definition) is 6. The molecule has 1 aromatic rings. The number of rotatable bonds is 4. The number of ether oxygens (including phenoxy) is 2. The molecule has 1 amide bonds. The number of amides is 1. The number of fused-ring (bicyclic) bond motifs is 3. The van der Waals surface area contributed by atoms with Crippen LogP contribution >= 0.6 is 0 Å². The van der Waals surface area contributed by atoms with Gasteiger partial charge in [-0.3, -0.25) is 9.59 Å². The first kappa shape index (κ1) is 21.2. The van der Waals surface area contributed by atoms with E-state index in [1.807, 2.05) is 32.9 Å². The first-order valence-corrected chi connectivity index (χ1v) is 10.8. The molecule has 2 aliphatic heterocycles. The Morgan fingerprint density at radius 3 is 2.68 bits per heavy atom. The van der Waals surface area contributed by atoms with E-state index < -0.39 is 11.4 Å². The Morgan fingerprint density at radius 1 is 1.29 bits per heavy atom.